The molecule has 1 aliphatic rings. The molecule has 16 heavy (non-hydrogen) atoms. The first-order valence-electron chi connectivity index (χ1n) is 5.59. The van der Waals surface area contributed by atoms with Crippen LogP contribution in [0.15, 0.2) is 11.4 Å². The first-order chi connectivity index (χ1) is 7.54. The zero-order chi connectivity index (χ0) is 11.8. The van der Waals surface area contributed by atoms with E-state index in [-0.39, 0.29) is 6.04 Å². The van der Waals surface area contributed by atoms with E-state index in [1.54, 1.807) is 11.3 Å². The number of aryl methyl sites for hydroxylation is 1. The third kappa shape index (κ3) is 1.87. The van der Waals surface area contributed by atoms with Crippen molar-refractivity contribution in [3.8, 4) is 0 Å². The summed E-state index contributed by atoms with van der Waals surface area (Å²) < 4.78 is 0. The number of aliphatic carboxylic acids is 1. The van der Waals surface area contributed by atoms with Gasteiger partial charge in [-0.25, -0.2) is 0 Å². The lowest BCUT2D eigenvalue weighted by atomic mass is 9.71. The first-order valence-corrected chi connectivity index (χ1v) is 6.47. The van der Waals surface area contributed by atoms with Gasteiger partial charge in [-0.1, -0.05) is 0 Å². The summed E-state index contributed by atoms with van der Waals surface area (Å²) in [5, 5.41) is 11.5. The van der Waals surface area contributed by atoms with E-state index in [1.807, 2.05) is 18.4 Å². The SMILES string of the molecule is Cc1csc(C2(C(=O)O)CCC(N)CC2)c1. The monoisotopic (exact) mass is 239 g/mol. The van der Waals surface area contributed by atoms with Gasteiger partial charge in [0.2, 0.25) is 0 Å². The minimum atomic E-state index is -0.693. The fourth-order valence-corrected chi connectivity index (χ4v) is 3.53. The highest BCUT2D eigenvalue weighted by molar-refractivity contribution is 7.10. The number of thiophene rings is 1. The largest absolute Gasteiger partial charge is 0.481 e. The number of nitrogens with two attached hydrogens (primary N) is 1. The third-order valence-corrected chi connectivity index (χ3v) is 4.75. The average Bonchev–Trinajstić information content (AvgIpc) is 2.66. The molecule has 0 saturated heterocycles. The normalized spacial score (nSPS) is 30.2. The van der Waals surface area contributed by atoms with Gasteiger partial charge in [-0.05, 0) is 49.6 Å². The molecule has 1 aromatic rings. The van der Waals surface area contributed by atoms with E-state index >= 15 is 0 Å². The highest BCUT2D eigenvalue weighted by Gasteiger charge is 2.43. The van der Waals surface area contributed by atoms with E-state index in [2.05, 4.69) is 0 Å². The van der Waals surface area contributed by atoms with Crippen LogP contribution in [0.25, 0.3) is 0 Å². The molecular formula is C12H17NO2S. The van der Waals surface area contributed by atoms with E-state index < -0.39 is 11.4 Å². The lowest BCUT2D eigenvalue weighted by Gasteiger charge is -2.34. The molecule has 0 bridgehead atoms. The van der Waals surface area contributed by atoms with Crippen LogP contribution in [0.5, 0.6) is 0 Å². The van der Waals surface area contributed by atoms with Crippen molar-refractivity contribution in [1.29, 1.82) is 0 Å². The Morgan fingerprint density at radius 3 is 2.62 bits per heavy atom. The van der Waals surface area contributed by atoms with Crippen molar-refractivity contribution in [3.63, 3.8) is 0 Å². The summed E-state index contributed by atoms with van der Waals surface area (Å²) in [5.74, 6) is -0.693. The van der Waals surface area contributed by atoms with Crippen LogP contribution in [0.3, 0.4) is 0 Å². The molecule has 4 heteroatoms. The topological polar surface area (TPSA) is 63.3 Å². The molecule has 2 rings (SSSR count). The summed E-state index contributed by atoms with van der Waals surface area (Å²) in [6, 6.07) is 2.18. The maximum atomic E-state index is 11.6. The van der Waals surface area contributed by atoms with E-state index in [0.717, 1.165) is 23.3 Å². The number of carboxylic acids is 1. The van der Waals surface area contributed by atoms with Crippen molar-refractivity contribution >= 4 is 17.3 Å². The Balaban J connectivity index is 2.33. The lowest BCUT2D eigenvalue weighted by molar-refractivity contribution is -0.145. The fourth-order valence-electron chi connectivity index (χ4n) is 2.38. The average molecular weight is 239 g/mol. The molecule has 0 spiro atoms. The molecule has 0 amide bonds. The number of carbonyl (C=O) groups is 1. The van der Waals surface area contributed by atoms with Crippen LogP contribution in [0.1, 0.15) is 36.1 Å². The molecule has 3 nitrogen and oxygen atoms in total. The van der Waals surface area contributed by atoms with Crippen LogP contribution in [0.4, 0.5) is 0 Å². The molecule has 1 aromatic heterocycles. The highest BCUT2D eigenvalue weighted by Crippen LogP contribution is 2.42. The Hall–Kier alpha value is -0.870. The molecule has 0 aromatic carbocycles. The number of carboxylic acid groups (broad SMARTS) is 1. The second-order valence-electron chi connectivity index (χ2n) is 4.71. The first kappa shape index (κ1) is 11.6. The molecular weight excluding hydrogens is 222 g/mol. The maximum absolute atomic E-state index is 11.6. The molecule has 0 radical (unpaired) electrons. The second-order valence-corrected chi connectivity index (χ2v) is 5.62. The number of hydrogen-bond donors (Lipinski definition) is 2. The minimum Gasteiger partial charge on any atom is -0.481 e. The molecule has 0 atom stereocenters. The Morgan fingerprint density at radius 1 is 1.56 bits per heavy atom. The van der Waals surface area contributed by atoms with E-state index in [0.29, 0.717) is 12.8 Å². The Kier molecular flexibility index (Phi) is 3.04. The summed E-state index contributed by atoms with van der Waals surface area (Å²) in [5.41, 5.74) is 6.33. The molecule has 88 valence electrons. The van der Waals surface area contributed by atoms with Crippen LogP contribution in [0, 0.1) is 6.92 Å². The van der Waals surface area contributed by atoms with Crippen LogP contribution >= 0.6 is 11.3 Å². The fraction of sp³-hybridized carbons (Fsp3) is 0.583. The Labute approximate surface area is 99.3 Å². The van der Waals surface area contributed by atoms with Crippen molar-refractivity contribution in [3.05, 3.63) is 21.9 Å². The van der Waals surface area contributed by atoms with Gasteiger partial charge in [0.25, 0.3) is 0 Å². The highest BCUT2D eigenvalue weighted by atomic mass is 32.1. The molecule has 0 aliphatic heterocycles. The number of rotatable bonds is 2. The standard InChI is InChI=1S/C12H17NO2S/c1-8-6-10(16-7-8)12(11(14)15)4-2-9(13)3-5-12/h6-7,9H,2-5,13H2,1H3,(H,14,15). The summed E-state index contributed by atoms with van der Waals surface area (Å²) in [4.78, 5) is 12.5. The Bertz CT molecular complexity index is 391. The van der Waals surface area contributed by atoms with Crippen molar-refractivity contribution in [2.24, 2.45) is 5.73 Å². The molecule has 1 saturated carbocycles. The zero-order valence-electron chi connectivity index (χ0n) is 9.40. The molecule has 1 aliphatic carbocycles. The van der Waals surface area contributed by atoms with E-state index in [9.17, 15) is 9.90 Å². The van der Waals surface area contributed by atoms with Crippen molar-refractivity contribution < 1.29 is 9.90 Å². The second kappa shape index (κ2) is 4.18. The van der Waals surface area contributed by atoms with Gasteiger partial charge in [-0.15, -0.1) is 11.3 Å². The molecule has 1 fully saturated rings. The Morgan fingerprint density at radius 2 is 2.19 bits per heavy atom. The summed E-state index contributed by atoms with van der Waals surface area (Å²) in [6.07, 6.45) is 2.96. The molecule has 3 N–H and O–H groups in total. The van der Waals surface area contributed by atoms with Crippen LogP contribution in [-0.2, 0) is 10.2 Å². The zero-order valence-corrected chi connectivity index (χ0v) is 10.2. The summed E-state index contributed by atoms with van der Waals surface area (Å²) in [6.45, 7) is 2.00. The predicted molar refractivity (Wildman–Crippen MR) is 64.8 cm³/mol. The van der Waals surface area contributed by atoms with Gasteiger partial charge in [-0.2, -0.15) is 0 Å². The van der Waals surface area contributed by atoms with Gasteiger partial charge >= 0.3 is 5.97 Å². The van der Waals surface area contributed by atoms with Gasteiger partial charge in [0.15, 0.2) is 0 Å². The predicted octanol–water partition coefficient (Wildman–Crippen LogP) is 2.28. The van der Waals surface area contributed by atoms with Gasteiger partial charge in [-0.3, -0.25) is 4.79 Å². The summed E-state index contributed by atoms with van der Waals surface area (Å²) >= 11 is 1.56. The van der Waals surface area contributed by atoms with Gasteiger partial charge in [0.05, 0.1) is 0 Å². The van der Waals surface area contributed by atoms with Crippen molar-refractivity contribution in [2.45, 2.75) is 44.1 Å². The minimum absolute atomic E-state index is 0.175. The summed E-state index contributed by atoms with van der Waals surface area (Å²) in [7, 11) is 0. The van der Waals surface area contributed by atoms with Crippen LogP contribution in [-0.4, -0.2) is 17.1 Å². The van der Waals surface area contributed by atoms with Gasteiger partial charge in [0, 0.05) is 10.9 Å². The van der Waals surface area contributed by atoms with E-state index in [4.69, 9.17) is 5.73 Å². The molecule has 0 unspecified atom stereocenters. The van der Waals surface area contributed by atoms with Gasteiger partial charge < -0.3 is 10.8 Å². The van der Waals surface area contributed by atoms with Crippen LogP contribution in [0.2, 0.25) is 0 Å². The van der Waals surface area contributed by atoms with E-state index in [1.165, 1.54) is 0 Å². The van der Waals surface area contributed by atoms with Crippen molar-refractivity contribution in [2.75, 3.05) is 0 Å². The maximum Gasteiger partial charge on any atom is 0.314 e. The molecule has 1 heterocycles. The van der Waals surface area contributed by atoms with Gasteiger partial charge in [0.1, 0.15) is 5.41 Å². The third-order valence-electron chi connectivity index (χ3n) is 3.50. The smallest absolute Gasteiger partial charge is 0.314 e. The number of hydrogen-bond acceptors (Lipinski definition) is 3. The van der Waals surface area contributed by atoms with Crippen molar-refractivity contribution in [1.82, 2.24) is 0 Å². The quantitative estimate of drug-likeness (QED) is 0.832. The lowest BCUT2D eigenvalue weighted by Crippen LogP contribution is -2.42. The van der Waals surface area contributed by atoms with Crippen LogP contribution < -0.4 is 5.73 Å².